The first-order valence-corrected chi connectivity index (χ1v) is 8.03. The van der Waals surface area contributed by atoms with Gasteiger partial charge in [-0.15, -0.1) is 0 Å². The van der Waals surface area contributed by atoms with Gasteiger partial charge in [-0.2, -0.15) is 0 Å². The van der Waals surface area contributed by atoms with Crippen LogP contribution in [0.3, 0.4) is 0 Å². The number of anilines is 1. The van der Waals surface area contributed by atoms with E-state index in [0.717, 1.165) is 16.8 Å². The van der Waals surface area contributed by atoms with Crippen LogP contribution in [0.15, 0.2) is 66.7 Å². The quantitative estimate of drug-likeness (QED) is 0.535. The van der Waals surface area contributed by atoms with Gasteiger partial charge in [-0.1, -0.05) is 30.3 Å². The van der Waals surface area contributed by atoms with Gasteiger partial charge in [-0.05, 0) is 59.4 Å². The molecule has 0 unspecified atom stereocenters. The van der Waals surface area contributed by atoms with Crippen molar-refractivity contribution in [2.75, 3.05) is 18.5 Å². The molecule has 3 rings (SSSR count). The molecule has 5 heteroatoms. The maximum atomic E-state index is 12.8. The van der Waals surface area contributed by atoms with Crippen molar-refractivity contribution in [2.24, 2.45) is 0 Å². The van der Waals surface area contributed by atoms with E-state index in [4.69, 9.17) is 17.0 Å². The van der Waals surface area contributed by atoms with E-state index in [9.17, 15) is 4.39 Å². The van der Waals surface area contributed by atoms with Gasteiger partial charge in [0.2, 0.25) is 0 Å². The van der Waals surface area contributed by atoms with Crippen LogP contribution < -0.4 is 15.4 Å². The Labute approximate surface area is 145 Å². The van der Waals surface area contributed by atoms with Crippen molar-refractivity contribution in [1.29, 1.82) is 0 Å². The fraction of sp³-hybridized carbons (Fsp3) is 0.105. The molecule has 122 valence electrons. The van der Waals surface area contributed by atoms with Crippen LogP contribution in [0.5, 0.6) is 5.75 Å². The molecule has 24 heavy (non-hydrogen) atoms. The molecule has 0 aliphatic carbocycles. The molecule has 0 radical (unpaired) electrons. The van der Waals surface area contributed by atoms with Crippen molar-refractivity contribution in [2.45, 2.75) is 0 Å². The van der Waals surface area contributed by atoms with Crippen molar-refractivity contribution in [3.63, 3.8) is 0 Å². The van der Waals surface area contributed by atoms with E-state index in [0.29, 0.717) is 18.3 Å². The monoisotopic (exact) mass is 340 g/mol. The Bertz CT molecular complexity index is 836. The number of ether oxygens (including phenoxy) is 1. The van der Waals surface area contributed by atoms with Crippen LogP contribution in [0.4, 0.5) is 10.1 Å². The third-order valence-corrected chi connectivity index (χ3v) is 3.73. The Balaban J connectivity index is 1.44. The van der Waals surface area contributed by atoms with Crippen molar-refractivity contribution < 1.29 is 9.13 Å². The minimum atomic E-state index is -0.275. The summed E-state index contributed by atoms with van der Waals surface area (Å²) in [5.74, 6) is 0.552. The maximum Gasteiger partial charge on any atom is 0.170 e. The maximum absolute atomic E-state index is 12.8. The molecule has 0 atom stereocenters. The molecule has 3 aromatic carbocycles. The van der Waals surface area contributed by atoms with Crippen LogP contribution in [-0.4, -0.2) is 18.3 Å². The van der Waals surface area contributed by atoms with Crippen LogP contribution in [-0.2, 0) is 0 Å². The molecular weight excluding hydrogens is 323 g/mol. The van der Waals surface area contributed by atoms with Gasteiger partial charge in [0.1, 0.15) is 18.2 Å². The van der Waals surface area contributed by atoms with Gasteiger partial charge >= 0.3 is 0 Å². The van der Waals surface area contributed by atoms with Gasteiger partial charge in [0.25, 0.3) is 0 Å². The Kier molecular flexibility index (Phi) is 5.23. The summed E-state index contributed by atoms with van der Waals surface area (Å²) in [6.45, 7) is 1.06. The van der Waals surface area contributed by atoms with E-state index < -0.39 is 0 Å². The summed E-state index contributed by atoms with van der Waals surface area (Å²) in [6.07, 6.45) is 0. The summed E-state index contributed by atoms with van der Waals surface area (Å²) in [5.41, 5.74) is 0.740. The van der Waals surface area contributed by atoms with Crippen molar-refractivity contribution in [1.82, 2.24) is 5.32 Å². The predicted octanol–water partition coefficient (Wildman–Crippen LogP) is 4.34. The van der Waals surface area contributed by atoms with Gasteiger partial charge in [0, 0.05) is 5.69 Å². The van der Waals surface area contributed by atoms with E-state index >= 15 is 0 Å². The Morgan fingerprint density at radius 3 is 2.50 bits per heavy atom. The van der Waals surface area contributed by atoms with Gasteiger partial charge in [-0.3, -0.25) is 0 Å². The summed E-state index contributed by atoms with van der Waals surface area (Å²) < 4.78 is 18.6. The highest BCUT2D eigenvalue weighted by Gasteiger charge is 1.99. The first-order chi connectivity index (χ1) is 11.7. The fourth-order valence-corrected chi connectivity index (χ4v) is 2.52. The first-order valence-electron chi connectivity index (χ1n) is 7.63. The molecule has 0 spiro atoms. The van der Waals surface area contributed by atoms with E-state index in [1.165, 1.54) is 17.5 Å². The fourth-order valence-electron chi connectivity index (χ4n) is 2.30. The van der Waals surface area contributed by atoms with Crippen molar-refractivity contribution in [3.05, 3.63) is 72.5 Å². The van der Waals surface area contributed by atoms with Crippen molar-refractivity contribution in [3.8, 4) is 5.75 Å². The molecule has 0 saturated heterocycles. The molecule has 0 aliphatic heterocycles. The molecule has 0 saturated carbocycles. The van der Waals surface area contributed by atoms with Gasteiger partial charge < -0.3 is 15.4 Å². The number of halogens is 1. The third-order valence-electron chi connectivity index (χ3n) is 3.48. The van der Waals surface area contributed by atoms with Gasteiger partial charge in [0.15, 0.2) is 5.11 Å². The zero-order valence-corrected chi connectivity index (χ0v) is 13.8. The second kappa shape index (κ2) is 7.75. The number of nitrogens with one attached hydrogen (secondary N) is 2. The molecule has 3 nitrogen and oxygen atoms in total. The highest BCUT2D eigenvalue weighted by Crippen LogP contribution is 2.20. The second-order valence-electron chi connectivity index (χ2n) is 5.25. The first kappa shape index (κ1) is 16.2. The molecule has 0 fully saturated rings. The van der Waals surface area contributed by atoms with Crippen molar-refractivity contribution >= 4 is 33.8 Å². The predicted molar refractivity (Wildman–Crippen MR) is 100 cm³/mol. The molecule has 0 amide bonds. The van der Waals surface area contributed by atoms with E-state index in [1.807, 2.05) is 30.3 Å². The number of hydrogen-bond acceptors (Lipinski definition) is 2. The molecule has 0 aliphatic rings. The summed E-state index contributed by atoms with van der Waals surface area (Å²) in [4.78, 5) is 0. The average Bonchev–Trinajstić information content (AvgIpc) is 2.60. The summed E-state index contributed by atoms with van der Waals surface area (Å²) in [7, 11) is 0. The van der Waals surface area contributed by atoms with Crippen LogP contribution >= 0.6 is 12.2 Å². The number of thiocarbonyl (C=S) groups is 1. The lowest BCUT2D eigenvalue weighted by atomic mass is 10.1. The summed E-state index contributed by atoms with van der Waals surface area (Å²) in [6, 6.07) is 20.2. The summed E-state index contributed by atoms with van der Waals surface area (Å²) in [5, 5.41) is 8.86. The number of rotatable bonds is 5. The van der Waals surface area contributed by atoms with Crippen LogP contribution in [0.2, 0.25) is 0 Å². The zero-order chi connectivity index (χ0) is 16.8. The smallest absolute Gasteiger partial charge is 0.170 e. The molecule has 2 N–H and O–H groups in total. The highest BCUT2D eigenvalue weighted by atomic mass is 32.1. The standard InChI is InChI=1S/C19H17FN2OS/c20-16-6-8-17(9-7-16)22-19(24)21-11-12-23-18-10-5-14-3-1-2-4-15(14)13-18/h1-10,13H,11-12H2,(H2,21,22,24). The number of benzene rings is 3. The Morgan fingerprint density at radius 2 is 1.71 bits per heavy atom. The third kappa shape index (κ3) is 4.43. The topological polar surface area (TPSA) is 33.3 Å². The SMILES string of the molecule is Fc1ccc(NC(=S)NCCOc2ccc3ccccc3c2)cc1. The number of hydrogen-bond donors (Lipinski definition) is 2. The van der Waals surface area contributed by atoms with Crippen LogP contribution in [0.25, 0.3) is 10.8 Å². The average molecular weight is 340 g/mol. The van der Waals surface area contributed by atoms with E-state index in [2.05, 4.69) is 22.8 Å². The van der Waals surface area contributed by atoms with E-state index in [-0.39, 0.29) is 5.82 Å². The lowest BCUT2D eigenvalue weighted by molar-refractivity contribution is 0.323. The largest absolute Gasteiger partial charge is 0.492 e. The van der Waals surface area contributed by atoms with Gasteiger partial charge in [-0.25, -0.2) is 4.39 Å². The minimum Gasteiger partial charge on any atom is -0.492 e. The lowest BCUT2D eigenvalue weighted by Crippen LogP contribution is -2.31. The normalized spacial score (nSPS) is 10.4. The van der Waals surface area contributed by atoms with Gasteiger partial charge in [0.05, 0.1) is 6.54 Å². The highest BCUT2D eigenvalue weighted by molar-refractivity contribution is 7.80. The zero-order valence-electron chi connectivity index (χ0n) is 13.0. The Hall–Kier alpha value is -2.66. The molecular formula is C19H17FN2OS. The second-order valence-corrected chi connectivity index (χ2v) is 5.65. The van der Waals surface area contributed by atoms with Crippen LogP contribution in [0, 0.1) is 5.82 Å². The van der Waals surface area contributed by atoms with Crippen LogP contribution in [0.1, 0.15) is 0 Å². The lowest BCUT2D eigenvalue weighted by Gasteiger charge is -2.11. The van der Waals surface area contributed by atoms with E-state index in [1.54, 1.807) is 12.1 Å². The molecule has 0 bridgehead atoms. The Morgan fingerprint density at radius 1 is 0.958 bits per heavy atom. The molecule has 0 heterocycles. The molecule has 3 aromatic rings. The minimum absolute atomic E-state index is 0.275. The summed E-state index contributed by atoms with van der Waals surface area (Å²) >= 11 is 5.19. The number of fused-ring (bicyclic) bond motifs is 1. The molecule has 0 aromatic heterocycles.